The molecule has 0 aliphatic carbocycles. The Morgan fingerprint density at radius 1 is 1.36 bits per heavy atom. The van der Waals surface area contributed by atoms with Crippen LogP contribution in [0.5, 0.6) is 0 Å². The maximum absolute atomic E-state index is 5.71. The van der Waals surface area contributed by atoms with Gasteiger partial charge in [0.05, 0.1) is 16.3 Å². The molecule has 0 saturated heterocycles. The predicted octanol–water partition coefficient (Wildman–Crippen LogP) is 1.68. The summed E-state index contributed by atoms with van der Waals surface area (Å²) in [5, 5.41) is 4.18. The van der Waals surface area contributed by atoms with Crippen LogP contribution in [0.3, 0.4) is 0 Å². The molecule has 11 heavy (non-hydrogen) atoms. The van der Waals surface area contributed by atoms with Crippen molar-refractivity contribution in [3.05, 3.63) is 28.0 Å². The fourth-order valence-corrected chi connectivity index (χ4v) is 1.08. The zero-order valence-corrected chi connectivity index (χ0v) is 6.97. The third-order valence-electron chi connectivity index (χ3n) is 1.09. The Bertz CT molecular complexity index is 265. The summed E-state index contributed by atoms with van der Waals surface area (Å²) in [6.45, 7) is 0. The number of aromatic nitrogens is 1. The Balaban J connectivity index is 3.20. The molecule has 0 aromatic carbocycles. The molecule has 1 aromatic rings. The lowest BCUT2D eigenvalue weighted by molar-refractivity contribution is 1.26. The van der Waals surface area contributed by atoms with E-state index in [4.69, 9.17) is 29.0 Å². The Morgan fingerprint density at radius 2 is 1.91 bits per heavy atom. The molecule has 5 heteroatoms. The van der Waals surface area contributed by atoms with Gasteiger partial charge in [-0.1, -0.05) is 23.2 Å². The molecule has 0 unspecified atom stereocenters. The lowest BCUT2D eigenvalue weighted by atomic mass is 10.3. The van der Waals surface area contributed by atoms with Crippen LogP contribution < -0.4 is 5.84 Å². The fourth-order valence-electron chi connectivity index (χ4n) is 0.619. The molecule has 2 N–H and O–H groups in total. The van der Waals surface area contributed by atoms with Gasteiger partial charge in [-0.3, -0.25) is 4.98 Å². The van der Waals surface area contributed by atoms with Crippen molar-refractivity contribution in [2.24, 2.45) is 10.9 Å². The van der Waals surface area contributed by atoms with Crippen molar-refractivity contribution in [3.8, 4) is 0 Å². The van der Waals surface area contributed by atoms with Crippen LogP contribution in [0.4, 0.5) is 0 Å². The number of hydrazone groups is 1. The highest BCUT2D eigenvalue weighted by Crippen LogP contribution is 2.20. The first-order valence-electron chi connectivity index (χ1n) is 2.78. The minimum atomic E-state index is 0.437. The van der Waals surface area contributed by atoms with Crippen LogP contribution in [0.1, 0.15) is 5.56 Å². The molecule has 0 saturated carbocycles. The first-order valence-corrected chi connectivity index (χ1v) is 3.53. The van der Waals surface area contributed by atoms with Crippen molar-refractivity contribution in [2.75, 3.05) is 0 Å². The van der Waals surface area contributed by atoms with Gasteiger partial charge in [0.25, 0.3) is 0 Å². The monoisotopic (exact) mass is 189 g/mol. The number of halogens is 2. The molecule has 0 aliphatic rings. The Labute approximate surface area is 73.8 Å². The first-order chi connectivity index (χ1) is 5.25. The number of nitrogens with two attached hydrogens (primary N) is 1. The average molecular weight is 190 g/mol. The van der Waals surface area contributed by atoms with Gasteiger partial charge in [-0.25, -0.2) is 0 Å². The second kappa shape index (κ2) is 3.55. The minimum absolute atomic E-state index is 0.437. The van der Waals surface area contributed by atoms with Gasteiger partial charge in [-0.05, 0) is 0 Å². The van der Waals surface area contributed by atoms with Gasteiger partial charge in [-0.15, -0.1) is 0 Å². The Kier molecular flexibility index (Phi) is 2.68. The first kappa shape index (κ1) is 8.30. The van der Waals surface area contributed by atoms with E-state index in [0.29, 0.717) is 15.6 Å². The van der Waals surface area contributed by atoms with Crippen molar-refractivity contribution in [1.82, 2.24) is 4.98 Å². The van der Waals surface area contributed by atoms with E-state index in [1.54, 1.807) is 0 Å². The highest BCUT2D eigenvalue weighted by molar-refractivity contribution is 6.38. The third kappa shape index (κ3) is 1.82. The second-order valence-corrected chi connectivity index (χ2v) is 2.61. The largest absolute Gasteiger partial charge is 0.323 e. The summed E-state index contributed by atoms with van der Waals surface area (Å²) < 4.78 is 0. The van der Waals surface area contributed by atoms with Gasteiger partial charge < -0.3 is 5.84 Å². The lowest BCUT2D eigenvalue weighted by Gasteiger charge is -1.97. The van der Waals surface area contributed by atoms with E-state index in [1.165, 1.54) is 18.6 Å². The number of pyridine rings is 1. The summed E-state index contributed by atoms with van der Waals surface area (Å²) in [4.78, 5) is 3.76. The van der Waals surface area contributed by atoms with Crippen LogP contribution in [-0.4, -0.2) is 11.2 Å². The van der Waals surface area contributed by atoms with E-state index >= 15 is 0 Å². The van der Waals surface area contributed by atoms with E-state index in [-0.39, 0.29) is 0 Å². The number of hydrogen-bond donors (Lipinski definition) is 1. The zero-order valence-electron chi connectivity index (χ0n) is 5.46. The molecule has 1 aromatic heterocycles. The van der Waals surface area contributed by atoms with Crippen molar-refractivity contribution in [2.45, 2.75) is 0 Å². The van der Waals surface area contributed by atoms with Crippen LogP contribution in [0.25, 0.3) is 0 Å². The standard InChI is InChI=1S/C6H5Cl2N3/c7-5-2-10-3-6(8)4(5)1-11-9/h1-3H,9H2/b11-1+. The van der Waals surface area contributed by atoms with Crippen molar-refractivity contribution >= 4 is 29.4 Å². The van der Waals surface area contributed by atoms with Gasteiger partial charge in [0.15, 0.2) is 0 Å². The summed E-state index contributed by atoms with van der Waals surface area (Å²) in [6, 6.07) is 0. The molecule has 3 nitrogen and oxygen atoms in total. The normalized spacial score (nSPS) is 10.7. The second-order valence-electron chi connectivity index (χ2n) is 1.79. The van der Waals surface area contributed by atoms with E-state index < -0.39 is 0 Å². The van der Waals surface area contributed by atoms with Gasteiger partial charge >= 0.3 is 0 Å². The smallest absolute Gasteiger partial charge is 0.0692 e. The molecule has 0 amide bonds. The molecule has 0 fully saturated rings. The van der Waals surface area contributed by atoms with E-state index in [9.17, 15) is 0 Å². The summed E-state index contributed by atoms with van der Waals surface area (Å²) >= 11 is 11.4. The quantitative estimate of drug-likeness (QED) is 0.416. The Morgan fingerprint density at radius 3 is 2.36 bits per heavy atom. The molecule has 0 atom stereocenters. The molecular formula is C6H5Cl2N3. The van der Waals surface area contributed by atoms with E-state index in [2.05, 4.69) is 10.1 Å². The van der Waals surface area contributed by atoms with E-state index in [1.807, 2.05) is 0 Å². The molecule has 0 radical (unpaired) electrons. The summed E-state index contributed by atoms with van der Waals surface area (Å²) in [5.74, 6) is 4.93. The molecule has 1 rings (SSSR count). The average Bonchev–Trinajstić information content (AvgIpc) is 1.97. The summed E-state index contributed by atoms with van der Waals surface area (Å²) in [7, 11) is 0. The number of hydrogen-bond acceptors (Lipinski definition) is 3. The minimum Gasteiger partial charge on any atom is -0.323 e. The number of rotatable bonds is 1. The van der Waals surface area contributed by atoms with Crippen LogP contribution in [0.15, 0.2) is 17.5 Å². The highest BCUT2D eigenvalue weighted by atomic mass is 35.5. The van der Waals surface area contributed by atoms with Crippen LogP contribution in [0.2, 0.25) is 10.0 Å². The fraction of sp³-hybridized carbons (Fsp3) is 0. The SMILES string of the molecule is N/N=C/c1c(Cl)cncc1Cl. The third-order valence-corrected chi connectivity index (χ3v) is 1.70. The summed E-state index contributed by atoms with van der Waals surface area (Å²) in [6.07, 6.45) is 4.33. The van der Waals surface area contributed by atoms with Crippen LogP contribution in [-0.2, 0) is 0 Å². The predicted molar refractivity (Wildman–Crippen MR) is 46.0 cm³/mol. The van der Waals surface area contributed by atoms with Crippen molar-refractivity contribution < 1.29 is 0 Å². The van der Waals surface area contributed by atoms with E-state index in [0.717, 1.165) is 0 Å². The van der Waals surface area contributed by atoms with Crippen molar-refractivity contribution in [1.29, 1.82) is 0 Å². The van der Waals surface area contributed by atoms with Gasteiger partial charge in [0.1, 0.15) is 0 Å². The van der Waals surface area contributed by atoms with Gasteiger partial charge in [-0.2, -0.15) is 5.10 Å². The van der Waals surface area contributed by atoms with Gasteiger partial charge in [0.2, 0.25) is 0 Å². The molecule has 0 bridgehead atoms. The number of nitrogens with zero attached hydrogens (tertiary/aromatic N) is 2. The molecule has 58 valence electrons. The highest BCUT2D eigenvalue weighted by Gasteiger charge is 2.01. The maximum atomic E-state index is 5.71. The molecular weight excluding hydrogens is 185 g/mol. The topological polar surface area (TPSA) is 51.3 Å². The van der Waals surface area contributed by atoms with Crippen LogP contribution in [0, 0.1) is 0 Å². The molecule has 1 heterocycles. The molecule has 0 aliphatic heterocycles. The molecule has 0 spiro atoms. The van der Waals surface area contributed by atoms with Crippen LogP contribution >= 0.6 is 23.2 Å². The summed E-state index contributed by atoms with van der Waals surface area (Å²) in [5.41, 5.74) is 0.589. The lowest BCUT2D eigenvalue weighted by Crippen LogP contribution is -1.89. The van der Waals surface area contributed by atoms with Crippen molar-refractivity contribution in [3.63, 3.8) is 0 Å². The Hall–Kier alpha value is -0.800. The van der Waals surface area contributed by atoms with Gasteiger partial charge in [0, 0.05) is 18.0 Å². The maximum Gasteiger partial charge on any atom is 0.0692 e. The zero-order chi connectivity index (χ0) is 8.27.